The summed E-state index contributed by atoms with van der Waals surface area (Å²) in [5.74, 6) is 1.67. The molecule has 0 fully saturated rings. The summed E-state index contributed by atoms with van der Waals surface area (Å²) >= 11 is 0. The number of benzene rings is 1. The van der Waals surface area contributed by atoms with Crippen LogP contribution in [-0.4, -0.2) is 34.7 Å². The van der Waals surface area contributed by atoms with Crippen LogP contribution in [0.1, 0.15) is 31.7 Å². The van der Waals surface area contributed by atoms with Gasteiger partial charge >= 0.3 is 0 Å². The lowest BCUT2D eigenvalue weighted by molar-refractivity contribution is -0.121. The number of hydrogen-bond acceptors (Lipinski definition) is 6. The van der Waals surface area contributed by atoms with E-state index < -0.39 is 0 Å². The van der Waals surface area contributed by atoms with Crippen molar-refractivity contribution >= 4 is 5.91 Å². The monoisotopic (exact) mass is 380 g/mol. The van der Waals surface area contributed by atoms with Crippen LogP contribution < -0.4 is 10.1 Å². The summed E-state index contributed by atoms with van der Waals surface area (Å²) in [6.07, 6.45) is 4.03. The Morgan fingerprint density at radius 1 is 1.21 bits per heavy atom. The number of hydrogen-bond donors (Lipinski definition) is 1. The molecule has 0 atom stereocenters. The van der Waals surface area contributed by atoms with Crippen molar-refractivity contribution < 1.29 is 14.1 Å². The van der Waals surface area contributed by atoms with Crippen LogP contribution in [0.25, 0.3) is 11.4 Å². The molecule has 0 saturated heterocycles. The Morgan fingerprint density at radius 2 is 2.00 bits per heavy atom. The molecule has 0 bridgehead atoms. The second-order valence-electron chi connectivity index (χ2n) is 7.14. The predicted molar refractivity (Wildman–Crippen MR) is 105 cm³/mol. The molecule has 1 N–H and O–H groups in total. The zero-order valence-electron chi connectivity index (χ0n) is 16.3. The van der Waals surface area contributed by atoms with Gasteiger partial charge in [-0.1, -0.05) is 31.1 Å². The highest BCUT2D eigenvalue weighted by molar-refractivity contribution is 5.76. The van der Waals surface area contributed by atoms with Crippen LogP contribution in [0.5, 0.6) is 5.75 Å². The van der Waals surface area contributed by atoms with E-state index in [0.29, 0.717) is 24.7 Å². The van der Waals surface area contributed by atoms with Crippen LogP contribution in [0.4, 0.5) is 0 Å². The second kappa shape index (κ2) is 8.65. The molecule has 0 aliphatic rings. The van der Waals surface area contributed by atoms with Gasteiger partial charge in [0, 0.05) is 42.8 Å². The molecule has 0 spiro atoms. The van der Waals surface area contributed by atoms with Crippen molar-refractivity contribution in [3.8, 4) is 17.1 Å². The number of methoxy groups -OCH3 is 1. The molecule has 0 unspecified atom stereocenters. The van der Waals surface area contributed by atoms with E-state index in [0.717, 1.165) is 16.9 Å². The van der Waals surface area contributed by atoms with Crippen molar-refractivity contribution in [1.29, 1.82) is 0 Å². The molecule has 7 heteroatoms. The number of aromatic nitrogens is 3. The molecule has 28 heavy (non-hydrogen) atoms. The minimum Gasteiger partial charge on any atom is -0.497 e. The average Bonchev–Trinajstić information content (AvgIpc) is 3.20. The third-order valence-corrected chi connectivity index (χ3v) is 4.55. The van der Waals surface area contributed by atoms with Crippen LogP contribution in [-0.2, 0) is 16.6 Å². The van der Waals surface area contributed by atoms with E-state index in [9.17, 15) is 4.79 Å². The number of pyridine rings is 1. The summed E-state index contributed by atoms with van der Waals surface area (Å²) in [6.45, 7) is 4.71. The first-order valence-electron chi connectivity index (χ1n) is 9.12. The zero-order valence-corrected chi connectivity index (χ0v) is 16.3. The summed E-state index contributed by atoms with van der Waals surface area (Å²) < 4.78 is 10.4. The van der Waals surface area contributed by atoms with E-state index in [1.807, 2.05) is 36.4 Å². The van der Waals surface area contributed by atoms with E-state index in [-0.39, 0.29) is 17.7 Å². The van der Waals surface area contributed by atoms with Gasteiger partial charge in [0.15, 0.2) is 0 Å². The summed E-state index contributed by atoms with van der Waals surface area (Å²) in [5, 5.41) is 6.92. The lowest BCUT2D eigenvalue weighted by Gasteiger charge is -2.25. The van der Waals surface area contributed by atoms with Crippen LogP contribution in [0.2, 0.25) is 0 Å². The highest BCUT2D eigenvalue weighted by Gasteiger charge is 2.21. The number of carbonyl (C=O) groups excluding carboxylic acids is 1. The molecular weight excluding hydrogens is 356 g/mol. The van der Waals surface area contributed by atoms with E-state index >= 15 is 0 Å². The van der Waals surface area contributed by atoms with Gasteiger partial charge in [-0.3, -0.25) is 9.78 Å². The van der Waals surface area contributed by atoms with E-state index in [1.54, 1.807) is 19.5 Å². The van der Waals surface area contributed by atoms with Crippen LogP contribution in [0.3, 0.4) is 0 Å². The summed E-state index contributed by atoms with van der Waals surface area (Å²) in [5.41, 5.74) is 1.72. The third kappa shape index (κ3) is 4.94. The third-order valence-electron chi connectivity index (χ3n) is 4.55. The summed E-state index contributed by atoms with van der Waals surface area (Å²) in [4.78, 5) is 20.6. The Bertz CT molecular complexity index is 905. The zero-order chi connectivity index (χ0) is 20.0. The lowest BCUT2D eigenvalue weighted by Crippen LogP contribution is -2.36. The maximum atomic E-state index is 12.2. The molecule has 2 heterocycles. The predicted octanol–water partition coefficient (Wildman–Crippen LogP) is 3.17. The number of carbonyl (C=O) groups is 1. The Balaban J connectivity index is 1.49. The standard InChI is InChI=1S/C21H24N4O3/c1-21(2,16-6-8-17(27-3)9-7-16)14-23-18(26)10-11-19-24-20(25-28-19)15-5-4-12-22-13-15/h4-9,12-13H,10-11,14H2,1-3H3,(H,23,26). The van der Waals surface area contributed by atoms with Crippen molar-refractivity contribution in [2.45, 2.75) is 32.1 Å². The van der Waals surface area contributed by atoms with Crippen LogP contribution in [0.15, 0.2) is 53.3 Å². The number of amides is 1. The number of nitrogens with zero attached hydrogens (tertiary/aromatic N) is 3. The molecule has 0 aliphatic carbocycles. The van der Waals surface area contributed by atoms with Gasteiger partial charge in [-0.25, -0.2) is 0 Å². The highest BCUT2D eigenvalue weighted by Crippen LogP contribution is 2.24. The van der Waals surface area contributed by atoms with E-state index in [1.165, 1.54) is 0 Å². The van der Waals surface area contributed by atoms with Gasteiger partial charge < -0.3 is 14.6 Å². The lowest BCUT2D eigenvalue weighted by atomic mass is 9.84. The van der Waals surface area contributed by atoms with Crippen molar-refractivity contribution in [2.75, 3.05) is 13.7 Å². The van der Waals surface area contributed by atoms with Crippen LogP contribution >= 0.6 is 0 Å². The van der Waals surface area contributed by atoms with Gasteiger partial charge in [0.1, 0.15) is 5.75 Å². The maximum Gasteiger partial charge on any atom is 0.227 e. The largest absolute Gasteiger partial charge is 0.497 e. The fourth-order valence-corrected chi connectivity index (χ4v) is 2.74. The Morgan fingerprint density at radius 3 is 2.68 bits per heavy atom. The molecule has 1 aromatic carbocycles. The van der Waals surface area contributed by atoms with Gasteiger partial charge in [-0.2, -0.15) is 4.98 Å². The van der Waals surface area contributed by atoms with Crippen molar-refractivity contribution in [3.05, 3.63) is 60.2 Å². The fraction of sp³-hybridized carbons (Fsp3) is 0.333. The second-order valence-corrected chi connectivity index (χ2v) is 7.14. The molecule has 3 rings (SSSR count). The highest BCUT2D eigenvalue weighted by atomic mass is 16.5. The number of nitrogens with one attached hydrogen (secondary N) is 1. The van der Waals surface area contributed by atoms with E-state index in [2.05, 4.69) is 34.3 Å². The van der Waals surface area contributed by atoms with Crippen molar-refractivity contribution in [3.63, 3.8) is 0 Å². The van der Waals surface area contributed by atoms with Crippen LogP contribution in [0, 0.1) is 0 Å². The van der Waals surface area contributed by atoms with Gasteiger partial charge in [0.2, 0.25) is 17.6 Å². The number of ether oxygens (including phenoxy) is 1. The summed E-state index contributed by atoms with van der Waals surface area (Å²) in [6, 6.07) is 11.6. The molecule has 1 amide bonds. The first-order valence-corrected chi connectivity index (χ1v) is 9.12. The molecule has 0 aliphatic heterocycles. The van der Waals surface area contributed by atoms with Gasteiger partial charge in [0.25, 0.3) is 0 Å². The smallest absolute Gasteiger partial charge is 0.227 e. The fourth-order valence-electron chi connectivity index (χ4n) is 2.74. The Labute approximate surface area is 164 Å². The van der Waals surface area contributed by atoms with Gasteiger partial charge in [0.05, 0.1) is 7.11 Å². The molecule has 0 radical (unpaired) electrons. The molecule has 0 saturated carbocycles. The first kappa shape index (κ1) is 19.5. The average molecular weight is 380 g/mol. The number of aryl methyl sites for hydroxylation is 1. The normalized spacial score (nSPS) is 11.2. The minimum absolute atomic E-state index is 0.0530. The maximum absolute atomic E-state index is 12.2. The number of rotatable bonds is 8. The molecule has 2 aromatic heterocycles. The first-order chi connectivity index (χ1) is 13.5. The van der Waals surface area contributed by atoms with Gasteiger partial charge in [-0.05, 0) is 29.8 Å². The summed E-state index contributed by atoms with van der Waals surface area (Å²) in [7, 11) is 1.64. The molecule has 7 nitrogen and oxygen atoms in total. The quantitative estimate of drug-likeness (QED) is 0.646. The molecule has 146 valence electrons. The van der Waals surface area contributed by atoms with Gasteiger partial charge in [-0.15, -0.1) is 0 Å². The Kier molecular flexibility index (Phi) is 6.03. The SMILES string of the molecule is COc1ccc(C(C)(C)CNC(=O)CCc2nc(-c3cccnc3)no2)cc1. The van der Waals surface area contributed by atoms with Crippen molar-refractivity contribution in [2.24, 2.45) is 0 Å². The molecule has 3 aromatic rings. The van der Waals surface area contributed by atoms with E-state index in [4.69, 9.17) is 9.26 Å². The van der Waals surface area contributed by atoms with Crippen molar-refractivity contribution in [1.82, 2.24) is 20.4 Å². The molecular formula is C21H24N4O3. The topological polar surface area (TPSA) is 90.1 Å². The Hall–Kier alpha value is -3.22. The minimum atomic E-state index is -0.195.